The normalized spacial score (nSPS) is 11.5. The number of aliphatic hydroxyl groups is 1. The highest BCUT2D eigenvalue weighted by atomic mass is 16.5. The van der Waals surface area contributed by atoms with E-state index in [2.05, 4.69) is 10.5 Å². The minimum Gasteiger partial charge on any atom is -0.488 e. The topological polar surface area (TPSA) is 70.9 Å². The van der Waals surface area contributed by atoms with Gasteiger partial charge in [0.25, 0.3) is 5.91 Å². The van der Waals surface area contributed by atoms with Gasteiger partial charge in [0.15, 0.2) is 5.60 Å². The van der Waals surface area contributed by atoms with E-state index in [1.807, 2.05) is 78.9 Å². The molecule has 0 saturated heterocycles. The molecule has 5 aromatic rings. The van der Waals surface area contributed by atoms with E-state index in [0.29, 0.717) is 23.5 Å². The minimum absolute atomic E-state index is 0.397. The molecule has 1 amide bonds. The predicted molar refractivity (Wildman–Crippen MR) is 146 cm³/mol. The molecule has 0 heterocycles. The lowest BCUT2D eigenvalue weighted by atomic mass is 9.85. The molecule has 0 bridgehead atoms. The molecule has 0 unspecified atom stereocenters. The van der Waals surface area contributed by atoms with E-state index in [1.54, 1.807) is 54.7 Å². The van der Waals surface area contributed by atoms with Gasteiger partial charge in [0.2, 0.25) is 0 Å². The first-order valence-electron chi connectivity index (χ1n) is 12.0. The van der Waals surface area contributed by atoms with Crippen LogP contribution in [0.3, 0.4) is 0 Å². The fourth-order valence-corrected chi connectivity index (χ4v) is 4.29. The van der Waals surface area contributed by atoms with E-state index in [9.17, 15) is 9.90 Å². The van der Waals surface area contributed by atoms with Crippen LogP contribution in [0.15, 0.2) is 132 Å². The summed E-state index contributed by atoms with van der Waals surface area (Å²) in [4.78, 5) is 13.4. The molecule has 0 radical (unpaired) electrons. The van der Waals surface area contributed by atoms with Gasteiger partial charge in [0, 0.05) is 5.56 Å². The standard InChI is InChI=1S/C32H26N2O3/c35-31(32(36,26-15-6-2-7-16-26)27-17-8-3-9-18-27)34-33-22-29-28-19-11-10-14-25(28)20-21-30(29)37-23-24-12-4-1-5-13-24/h1-22,36H,23H2,(H,34,35)/b33-22-. The zero-order valence-corrected chi connectivity index (χ0v) is 20.1. The van der Waals surface area contributed by atoms with Gasteiger partial charge < -0.3 is 9.84 Å². The maximum absolute atomic E-state index is 13.4. The Bertz CT molecular complexity index is 1480. The average Bonchev–Trinajstić information content (AvgIpc) is 2.97. The average molecular weight is 487 g/mol. The summed E-state index contributed by atoms with van der Waals surface area (Å²) in [6.45, 7) is 0.397. The number of amides is 1. The van der Waals surface area contributed by atoms with Crippen molar-refractivity contribution in [3.63, 3.8) is 0 Å². The van der Waals surface area contributed by atoms with Crippen molar-refractivity contribution in [1.82, 2.24) is 5.43 Å². The molecule has 0 atom stereocenters. The third kappa shape index (κ3) is 5.13. The smallest absolute Gasteiger partial charge is 0.281 e. The number of benzene rings is 5. The largest absolute Gasteiger partial charge is 0.488 e. The molecule has 0 spiro atoms. The highest BCUT2D eigenvalue weighted by Crippen LogP contribution is 2.30. The third-order valence-electron chi connectivity index (χ3n) is 6.24. The Balaban J connectivity index is 1.45. The lowest BCUT2D eigenvalue weighted by molar-refractivity contribution is -0.136. The first kappa shape index (κ1) is 24.0. The Labute approximate surface area is 215 Å². The van der Waals surface area contributed by atoms with Crippen LogP contribution >= 0.6 is 0 Å². The molecule has 2 N–H and O–H groups in total. The molecule has 37 heavy (non-hydrogen) atoms. The van der Waals surface area contributed by atoms with Crippen molar-refractivity contribution in [1.29, 1.82) is 0 Å². The Morgan fingerprint density at radius 3 is 1.97 bits per heavy atom. The quantitative estimate of drug-likeness (QED) is 0.215. The summed E-state index contributed by atoms with van der Waals surface area (Å²) < 4.78 is 6.14. The van der Waals surface area contributed by atoms with Crippen LogP contribution in [0.5, 0.6) is 5.75 Å². The Morgan fingerprint density at radius 1 is 0.757 bits per heavy atom. The number of ether oxygens (including phenoxy) is 1. The van der Waals surface area contributed by atoms with Gasteiger partial charge >= 0.3 is 0 Å². The fourth-order valence-electron chi connectivity index (χ4n) is 4.29. The summed E-state index contributed by atoms with van der Waals surface area (Å²) >= 11 is 0. The number of fused-ring (bicyclic) bond motifs is 1. The summed E-state index contributed by atoms with van der Waals surface area (Å²) in [5.41, 5.74) is 3.33. The molecule has 5 rings (SSSR count). The number of carbonyl (C=O) groups excluding carboxylic acids is 1. The number of hydrogen-bond acceptors (Lipinski definition) is 4. The zero-order valence-electron chi connectivity index (χ0n) is 20.1. The number of hydrogen-bond donors (Lipinski definition) is 2. The zero-order chi connectivity index (χ0) is 25.5. The van der Waals surface area contributed by atoms with Crippen molar-refractivity contribution in [3.8, 4) is 5.75 Å². The SMILES string of the molecule is O=C(N/N=C\c1c(OCc2ccccc2)ccc2ccccc12)C(O)(c1ccccc1)c1ccccc1. The van der Waals surface area contributed by atoms with Gasteiger partial charge in [-0.15, -0.1) is 0 Å². The van der Waals surface area contributed by atoms with Gasteiger partial charge in [0.1, 0.15) is 12.4 Å². The Morgan fingerprint density at radius 2 is 1.32 bits per heavy atom. The highest BCUT2D eigenvalue weighted by Gasteiger charge is 2.39. The number of carbonyl (C=O) groups is 1. The second kappa shape index (κ2) is 10.9. The number of rotatable bonds is 8. The first-order chi connectivity index (χ1) is 18.2. The second-order valence-electron chi connectivity index (χ2n) is 8.61. The number of hydrazone groups is 1. The molecule has 0 aliphatic heterocycles. The van der Waals surface area contributed by atoms with Crippen molar-refractivity contribution in [2.45, 2.75) is 12.2 Å². The molecule has 5 aromatic carbocycles. The van der Waals surface area contributed by atoms with E-state index >= 15 is 0 Å². The third-order valence-corrected chi connectivity index (χ3v) is 6.24. The van der Waals surface area contributed by atoms with Crippen LogP contribution in [0, 0.1) is 0 Å². The maximum Gasteiger partial charge on any atom is 0.281 e. The summed E-state index contributed by atoms with van der Waals surface area (Å²) in [6, 6.07) is 39.4. The van der Waals surface area contributed by atoms with Gasteiger partial charge in [-0.1, -0.05) is 121 Å². The lowest BCUT2D eigenvalue weighted by Crippen LogP contribution is -2.43. The van der Waals surface area contributed by atoms with Crippen LogP contribution in [-0.4, -0.2) is 17.2 Å². The van der Waals surface area contributed by atoms with E-state index in [4.69, 9.17) is 4.74 Å². The first-order valence-corrected chi connectivity index (χ1v) is 12.0. The molecule has 0 aliphatic carbocycles. The molecule has 182 valence electrons. The molecule has 0 fully saturated rings. The monoisotopic (exact) mass is 486 g/mol. The van der Waals surface area contributed by atoms with Crippen LogP contribution < -0.4 is 10.2 Å². The van der Waals surface area contributed by atoms with Crippen LogP contribution in [0.1, 0.15) is 22.3 Å². The molecular weight excluding hydrogens is 460 g/mol. The van der Waals surface area contributed by atoms with Crippen molar-refractivity contribution >= 4 is 22.9 Å². The molecule has 0 saturated carbocycles. The van der Waals surface area contributed by atoms with Crippen molar-refractivity contribution in [2.75, 3.05) is 0 Å². The van der Waals surface area contributed by atoms with E-state index in [0.717, 1.165) is 21.9 Å². The highest BCUT2D eigenvalue weighted by molar-refractivity contribution is 6.03. The summed E-state index contributed by atoms with van der Waals surface area (Å²) in [5.74, 6) is -0.0185. The number of nitrogens with one attached hydrogen (secondary N) is 1. The number of nitrogens with zero attached hydrogens (tertiary/aromatic N) is 1. The predicted octanol–water partition coefficient (Wildman–Crippen LogP) is 5.81. The Hall–Kier alpha value is -4.74. The van der Waals surface area contributed by atoms with Crippen LogP contribution in [0.25, 0.3) is 10.8 Å². The molecule has 5 nitrogen and oxygen atoms in total. The summed E-state index contributed by atoms with van der Waals surface area (Å²) in [6.07, 6.45) is 1.57. The Kier molecular flexibility index (Phi) is 7.06. The fraction of sp³-hybridized carbons (Fsp3) is 0.0625. The van der Waals surface area contributed by atoms with Gasteiger partial charge in [-0.25, -0.2) is 5.43 Å². The van der Waals surface area contributed by atoms with Crippen LogP contribution in [-0.2, 0) is 17.0 Å². The van der Waals surface area contributed by atoms with Crippen molar-refractivity contribution in [2.24, 2.45) is 5.10 Å². The van der Waals surface area contributed by atoms with Crippen LogP contribution in [0.2, 0.25) is 0 Å². The van der Waals surface area contributed by atoms with E-state index < -0.39 is 11.5 Å². The molecular formula is C32H26N2O3. The molecule has 0 aliphatic rings. The minimum atomic E-state index is -1.91. The van der Waals surface area contributed by atoms with Crippen molar-refractivity contribution < 1.29 is 14.6 Å². The van der Waals surface area contributed by atoms with Gasteiger partial charge in [-0.2, -0.15) is 5.10 Å². The van der Waals surface area contributed by atoms with Gasteiger partial charge in [-0.05, 0) is 33.5 Å². The summed E-state index contributed by atoms with van der Waals surface area (Å²) in [5, 5.41) is 17.9. The van der Waals surface area contributed by atoms with Crippen LogP contribution in [0.4, 0.5) is 0 Å². The molecule has 5 heteroatoms. The molecule has 0 aromatic heterocycles. The summed E-state index contributed by atoms with van der Waals surface area (Å²) in [7, 11) is 0. The van der Waals surface area contributed by atoms with Gasteiger partial charge in [-0.3, -0.25) is 4.79 Å². The van der Waals surface area contributed by atoms with E-state index in [1.165, 1.54) is 0 Å². The lowest BCUT2D eigenvalue weighted by Gasteiger charge is -2.27. The van der Waals surface area contributed by atoms with E-state index in [-0.39, 0.29) is 0 Å². The maximum atomic E-state index is 13.4. The van der Waals surface area contributed by atoms with Gasteiger partial charge in [0.05, 0.1) is 6.21 Å². The van der Waals surface area contributed by atoms with Crippen molar-refractivity contribution in [3.05, 3.63) is 150 Å². The second-order valence-corrected chi connectivity index (χ2v) is 8.61.